The van der Waals surface area contributed by atoms with E-state index in [-0.39, 0.29) is 0 Å². The van der Waals surface area contributed by atoms with E-state index in [1.54, 1.807) is 0 Å². The molecule has 1 aliphatic rings. The second kappa shape index (κ2) is 4.64. The van der Waals surface area contributed by atoms with Crippen LogP contribution in [0.1, 0.15) is 24.6 Å². The predicted molar refractivity (Wildman–Crippen MR) is 77.9 cm³/mol. The summed E-state index contributed by atoms with van der Waals surface area (Å²) in [5.41, 5.74) is 7.97. The molecule has 0 atom stereocenters. The van der Waals surface area contributed by atoms with Crippen LogP contribution in [-0.4, -0.2) is 9.55 Å². The van der Waals surface area contributed by atoms with Crippen molar-refractivity contribution in [3.05, 3.63) is 35.1 Å². The Kier molecular flexibility index (Phi) is 2.96. The molecule has 0 aliphatic heterocycles. The summed E-state index contributed by atoms with van der Waals surface area (Å²) in [7, 11) is 0. The highest BCUT2D eigenvalue weighted by Gasteiger charge is 2.30. The summed E-state index contributed by atoms with van der Waals surface area (Å²) in [6.07, 6.45) is 7.75. The molecule has 1 saturated carbocycles. The van der Waals surface area contributed by atoms with Crippen molar-refractivity contribution in [1.29, 1.82) is 0 Å². The van der Waals surface area contributed by atoms with Gasteiger partial charge >= 0.3 is 0 Å². The number of hydrogen-bond acceptors (Lipinski definition) is 2. The summed E-state index contributed by atoms with van der Waals surface area (Å²) in [6, 6.07) is 7.54. The first-order valence-corrected chi connectivity index (χ1v) is 6.64. The molecular weight excluding hydrogens is 258 g/mol. The van der Waals surface area contributed by atoms with Crippen LogP contribution in [0, 0.1) is 12.3 Å². The summed E-state index contributed by atoms with van der Waals surface area (Å²) in [5, 5.41) is 0.702. The van der Waals surface area contributed by atoms with E-state index in [1.165, 1.54) is 12.8 Å². The lowest BCUT2D eigenvalue weighted by atomic mass is 10.1. The van der Waals surface area contributed by atoms with Gasteiger partial charge in [-0.2, -0.15) is 0 Å². The van der Waals surface area contributed by atoms with E-state index < -0.39 is 0 Å². The van der Waals surface area contributed by atoms with Gasteiger partial charge in [0.1, 0.15) is 17.3 Å². The molecule has 1 aliphatic carbocycles. The molecule has 3 nitrogen and oxygen atoms in total. The van der Waals surface area contributed by atoms with Crippen molar-refractivity contribution in [3.8, 4) is 23.6 Å². The Balaban J connectivity index is 2.09. The number of nitrogen functional groups attached to an aromatic ring is 1. The van der Waals surface area contributed by atoms with E-state index in [1.807, 2.05) is 28.8 Å². The van der Waals surface area contributed by atoms with Crippen LogP contribution in [0.2, 0.25) is 5.02 Å². The van der Waals surface area contributed by atoms with Crippen LogP contribution in [0.15, 0.2) is 24.3 Å². The van der Waals surface area contributed by atoms with Gasteiger partial charge in [-0.15, -0.1) is 6.42 Å². The van der Waals surface area contributed by atoms with Gasteiger partial charge in [-0.25, -0.2) is 4.98 Å². The summed E-state index contributed by atoms with van der Waals surface area (Å²) in [5.74, 6) is 4.81. The number of nitrogens with zero attached hydrogens (tertiary/aromatic N) is 2. The van der Waals surface area contributed by atoms with E-state index in [9.17, 15) is 0 Å². The van der Waals surface area contributed by atoms with Crippen LogP contribution in [0.25, 0.3) is 11.3 Å². The molecule has 96 valence electrons. The second-order valence-electron chi connectivity index (χ2n) is 4.78. The average Bonchev–Trinajstić information content (AvgIpc) is 3.19. The highest BCUT2D eigenvalue weighted by molar-refractivity contribution is 6.30. The van der Waals surface area contributed by atoms with Crippen LogP contribution in [0.4, 0.5) is 5.82 Å². The lowest BCUT2D eigenvalue weighted by Gasteiger charge is -2.04. The molecule has 0 radical (unpaired) electrons. The number of aromatic nitrogens is 2. The summed E-state index contributed by atoms with van der Waals surface area (Å²) < 4.78 is 1.95. The number of terminal acetylenes is 1. The number of imidazole rings is 1. The highest BCUT2D eigenvalue weighted by Crippen LogP contribution is 2.42. The molecule has 1 aromatic carbocycles. The van der Waals surface area contributed by atoms with E-state index in [4.69, 9.17) is 23.8 Å². The smallest absolute Gasteiger partial charge is 0.132 e. The fourth-order valence-electron chi connectivity index (χ4n) is 2.21. The fourth-order valence-corrected chi connectivity index (χ4v) is 2.34. The van der Waals surface area contributed by atoms with Crippen LogP contribution in [0.3, 0.4) is 0 Å². The Hall–Kier alpha value is -1.92. The van der Waals surface area contributed by atoms with Gasteiger partial charge in [0, 0.05) is 16.5 Å². The molecule has 0 unspecified atom stereocenters. The maximum atomic E-state index is 6.20. The zero-order chi connectivity index (χ0) is 13.4. The van der Waals surface area contributed by atoms with Gasteiger partial charge in [0.05, 0.1) is 6.54 Å². The van der Waals surface area contributed by atoms with Crippen LogP contribution in [-0.2, 0) is 6.54 Å². The van der Waals surface area contributed by atoms with Crippen molar-refractivity contribution >= 4 is 17.4 Å². The van der Waals surface area contributed by atoms with Crippen LogP contribution in [0.5, 0.6) is 0 Å². The Morgan fingerprint density at radius 2 is 2.05 bits per heavy atom. The standard InChI is InChI=1S/C15H14ClN3/c1-2-9-19-14(17)13(18-15(19)11-3-4-11)10-5-7-12(16)8-6-10/h1,5-8,11H,3-4,9,17H2. The van der Waals surface area contributed by atoms with E-state index in [2.05, 4.69) is 10.9 Å². The van der Waals surface area contributed by atoms with Gasteiger partial charge in [0.25, 0.3) is 0 Å². The third kappa shape index (κ3) is 2.20. The maximum Gasteiger partial charge on any atom is 0.132 e. The molecule has 4 heteroatoms. The van der Waals surface area contributed by atoms with Gasteiger partial charge in [0.15, 0.2) is 0 Å². The van der Waals surface area contributed by atoms with Crippen molar-refractivity contribution in [1.82, 2.24) is 9.55 Å². The minimum atomic E-state index is 0.470. The largest absolute Gasteiger partial charge is 0.383 e. The maximum absolute atomic E-state index is 6.20. The van der Waals surface area contributed by atoms with Gasteiger partial charge in [-0.05, 0) is 25.0 Å². The minimum absolute atomic E-state index is 0.470. The summed E-state index contributed by atoms with van der Waals surface area (Å²) in [6.45, 7) is 0.470. The van der Waals surface area contributed by atoms with Crippen molar-refractivity contribution < 1.29 is 0 Å². The number of halogens is 1. The van der Waals surface area contributed by atoms with Crippen LogP contribution >= 0.6 is 11.6 Å². The van der Waals surface area contributed by atoms with Gasteiger partial charge in [-0.3, -0.25) is 0 Å². The zero-order valence-electron chi connectivity index (χ0n) is 10.4. The number of nitrogens with two attached hydrogens (primary N) is 1. The zero-order valence-corrected chi connectivity index (χ0v) is 11.2. The monoisotopic (exact) mass is 271 g/mol. The first-order chi connectivity index (χ1) is 9.20. The molecule has 1 aromatic heterocycles. The molecule has 2 N–H and O–H groups in total. The molecule has 1 fully saturated rings. The normalized spacial score (nSPS) is 14.3. The van der Waals surface area contributed by atoms with Crippen molar-refractivity contribution in [2.75, 3.05) is 5.73 Å². The fraction of sp³-hybridized carbons (Fsp3) is 0.267. The van der Waals surface area contributed by atoms with Crippen molar-refractivity contribution in [2.24, 2.45) is 0 Å². The lowest BCUT2D eigenvalue weighted by Crippen LogP contribution is -2.05. The molecule has 1 heterocycles. The average molecular weight is 272 g/mol. The number of rotatable bonds is 3. The molecule has 0 saturated heterocycles. The topological polar surface area (TPSA) is 43.8 Å². The van der Waals surface area contributed by atoms with E-state index in [0.29, 0.717) is 23.3 Å². The molecular formula is C15H14ClN3. The Morgan fingerprint density at radius 1 is 1.37 bits per heavy atom. The lowest BCUT2D eigenvalue weighted by molar-refractivity contribution is 0.762. The molecule has 3 rings (SSSR count). The molecule has 0 amide bonds. The summed E-state index contributed by atoms with van der Waals surface area (Å²) >= 11 is 5.90. The Labute approximate surface area is 117 Å². The molecule has 0 bridgehead atoms. The SMILES string of the molecule is C#CCn1c(C2CC2)nc(-c2ccc(Cl)cc2)c1N. The third-order valence-electron chi connectivity index (χ3n) is 3.35. The molecule has 2 aromatic rings. The number of anilines is 1. The molecule has 0 spiro atoms. The number of hydrogen-bond donors (Lipinski definition) is 1. The van der Waals surface area contributed by atoms with Gasteiger partial charge in [-0.1, -0.05) is 29.7 Å². The minimum Gasteiger partial charge on any atom is -0.383 e. The third-order valence-corrected chi connectivity index (χ3v) is 3.60. The first-order valence-electron chi connectivity index (χ1n) is 6.26. The van der Waals surface area contributed by atoms with Crippen LogP contribution < -0.4 is 5.73 Å². The molecule has 19 heavy (non-hydrogen) atoms. The van der Waals surface area contributed by atoms with E-state index in [0.717, 1.165) is 17.1 Å². The predicted octanol–water partition coefficient (Wildman–Crippen LogP) is 3.30. The summed E-state index contributed by atoms with van der Waals surface area (Å²) in [4.78, 5) is 4.69. The van der Waals surface area contributed by atoms with Crippen molar-refractivity contribution in [2.45, 2.75) is 25.3 Å². The van der Waals surface area contributed by atoms with Gasteiger partial charge < -0.3 is 10.3 Å². The van der Waals surface area contributed by atoms with E-state index >= 15 is 0 Å². The first kappa shape index (κ1) is 12.1. The quantitative estimate of drug-likeness (QED) is 0.871. The van der Waals surface area contributed by atoms with Gasteiger partial charge in [0.2, 0.25) is 0 Å². The Morgan fingerprint density at radius 3 is 2.63 bits per heavy atom. The highest BCUT2D eigenvalue weighted by atomic mass is 35.5. The number of benzene rings is 1. The second-order valence-corrected chi connectivity index (χ2v) is 5.21. The van der Waals surface area contributed by atoms with Crippen molar-refractivity contribution in [3.63, 3.8) is 0 Å². The Bertz CT molecular complexity index is 645.